The van der Waals surface area contributed by atoms with Gasteiger partial charge in [-0.05, 0) is 88.1 Å². The monoisotopic (exact) mass is 559 g/mol. The van der Waals surface area contributed by atoms with E-state index >= 15 is 0 Å². The predicted molar refractivity (Wildman–Crippen MR) is 154 cm³/mol. The number of fused-ring (bicyclic) bond motifs is 1. The first kappa shape index (κ1) is 30.9. The van der Waals surface area contributed by atoms with Gasteiger partial charge >= 0.3 is 12.0 Å². The minimum Gasteiger partial charge on any atom is -0.491 e. The third-order valence-electron chi connectivity index (χ3n) is 6.65. The Hall–Kier alpha value is -2.59. The molecule has 39 heavy (non-hydrogen) atoms. The van der Waals surface area contributed by atoms with Crippen molar-refractivity contribution in [1.82, 2.24) is 0 Å². The highest BCUT2D eigenvalue weighted by Crippen LogP contribution is 2.26. The summed E-state index contributed by atoms with van der Waals surface area (Å²) in [5, 5.41) is 11.0. The van der Waals surface area contributed by atoms with E-state index in [4.69, 9.17) is 19.9 Å². The molecule has 0 fully saturated rings. The number of rotatable bonds is 11. The van der Waals surface area contributed by atoms with Gasteiger partial charge in [-0.3, -0.25) is 0 Å². The molecule has 2 unspecified atom stereocenters. The van der Waals surface area contributed by atoms with Crippen LogP contribution in [-0.2, 0) is 22.4 Å². The van der Waals surface area contributed by atoms with Crippen LogP contribution in [0.5, 0.6) is 11.5 Å². The lowest BCUT2D eigenvalue weighted by Gasteiger charge is -2.35. The van der Waals surface area contributed by atoms with E-state index in [1.165, 1.54) is 17.3 Å². The Kier molecular flexibility index (Phi) is 11.2. The minimum absolute atomic E-state index is 0.0781. The Labute approximate surface area is 236 Å². The fraction of sp³-hybridized carbons (Fsp3) is 0.533. The molecule has 9 heteroatoms. The van der Waals surface area contributed by atoms with Crippen LogP contribution in [0.25, 0.3) is 0 Å². The van der Waals surface area contributed by atoms with Gasteiger partial charge in [-0.1, -0.05) is 24.3 Å². The van der Waals surface area contributed by atoms with E-state index in [0.717, 1.165) is 31.2 Å². The van der Waals surface area contributed by atoms with Crippen molar-refractivity contribution in [2.24, 2.45) is 5.73 Å². The molecule has 0 spiro atoms. The number of benzene rings is 2. The third-order valence-corrected chi connectivity index (χ3v) is 7.24. The van der Waals surface area contributed by atoms with Crippen LogP contribution in [0, 0.1) is 0 Å². The van der Waals surface area contributed by atoms with Crippen LogP contribution in [0.2, 0.25) is 0 Å². The van der Waals surface area contributed by atoms with Crippen LogP contribution in [0.1, 0.15) is 44.7 Å². The smallest absolute Gasteiger partial charge is 0.491 e. The van der Waals surface area contributed by atoms with Crippen molar-refractivity contribution < 1.29 is 33.4 Å². The van der Waals surface area contributed by atoms with Crippen molar-refractivity contribution in [3.8, 4) is 11.5 Å². The molecule has 8 nitrogen and oxygen atoms in total. The number of quaternary nitrogens is 1. The second-order valence-corrected chi connectivity index (χ2v) is 12.1. The van der Waals surface area contributed by atoms with Crippen molar-refractivity contribution >= 4 is 23.8 Å². The summed E-state index contributed by atoms with van der Waals surface area (Å²) in [7, 11) is 0. The van der Waals surface area contributed by atoms with Gasteiger partial charge in [0.2, 0.25) is 6.61 Å². The molecule has 2 aromatic carbocycles. The third kappa shape index (κ3) is 9.24. The molecule has 3 N–H and O–H groups in total. The van der Waals surface area contributed by atoms with E-state index in [1.54, 1.807) is 32.9 Å². The Morgan fingerprint density at radius 1 is 1.10 bits per heavy atom. The molecule has 0 aromatic heterocycles. The Bertz CT molecular complexity index is 1090. The van der Waals surface area contributed by atoms with E-state index in [2.05, 4.69) is 0 Å². The molecular weight excluding hydrogens is 516 g/mol. The number of para-hydroxylation sites is 1. The maximum absolute atomic E-state index is 13.8. The van der Waals surface area contributed by atoms with Crippen molar-refractivity contribution in [3.63, 3.8) is 0 Å². The van der Waals surface area contributed by atoms with Gasteiger partial charge in [0, 0.05) is 11.8 Å². The van der Waals surface area contributed by atoms with Crippen molar-refractivity contribution in [2.75, 3.05) is 38.3 Å². The number of carbonyl (C=O) groups excluding carboxylic acids is 2. The summed E-state index contributed by atoms with van der Waals surface area (Å²) in [5.74, 6) is 1.17. The lowest BCUT2D eigenvalue weighted by atomic mass is 10.0. The molecule has 0 saturated heterocycles. The van der Waals surface area contributed by atoms with Gasteiger partial charge < -0.3 is 25.1 Å². The molecule has 0 aliphatic heterocycles. The van der Waals surface area contributed by atoms with Gasteiger partial charge in [-0.15, -0.1) is 0 Å². The van der Waals surface area contributed by atoms with E-state index in [-0.39, 0.29) is 32.3 Å². The number of thioether (sulfide) groups is 1. The van der Waals surface area contributed by atoms with Crippen LogP contribution in [0.4, 0.5) is 4.79 Å². The summed E-state index contributed by atoms with van der Waals surface area (Å²) >= 11 is 1.51. The Balaban J connectivity index is 1.81. The molecule has 214 valence electrons. The zero-order valence-corrected chi connectivity index (χ0v) is 24.4. The van der Waals surface area contributed by atoms with Crippen LogP contribution in [0.15, 0.2) is 48.5 Å². The number of aliphatic hydroxyl groups is 1. The van der Waals surface area contributed by atoms with Crippen LogP contribution >= 0.6 is 11.8 Å². The summed E-state index contributed by atoms with van der Waals surface area (Å²) in [6.45, 7) is 4.80. The number of ether oxygens (including phenoxy) is 3. The lowest BCUT2D eigenvalue weighted by molar-refractivity contribution is -0.785. The molecule has 0 saturated carbocycles. The normalized spacial score (nSPS) is 17.7. The summed E-state index contributed by atoms with van der Waals surface area (Å²) in [6, 6.07) is 15.0. The molecule has 1 aliphatic carbocycles. The van der Waals surface area contributed by atoms with Gasteiger partial charge in [-0.25, -0.2) is 4.79 Å². The predicted octanol–water partition coefficient (Wildman–Crippen LogP) is 4.35. The highest BCUT2D eigenvalue weighted by Gasteiger charge is 2.49. The standard InChI is InChI=1S/C30H43N2O6S/c1-30(2,3)38-29(35)32(15-16-39-4,19-25(33)20-36-26-11-6-5-7-12-26)28(34)21-37-27-14-13-22-9-8-10-24(31)17-23(22)18-27/h5-7,11-14,18,24-25,33H,8-10,15-17,19-21,31H2,1-4H3/q+1/t24?,25-,32?/m0/s1. The average molecular weight is 560 g/mol. The second-order valence-electron chi connectivity index (χ2n) is 11.1. The number of nitrogens with zero attached hydrogens (tertiary/aromatic N) is 1. The molecule has 1 aliphatic rings. The van der Waals surface area contributed by atoms with Gasteiger partial charge in [0.15, 0.2) is 0 Å². The molecule has 3 atom stereocenters. The number of nitrogens with two attached hydrogens (primary N) is 1. The van der Waals surface area contributed by atoms with E-state index < -0.39 is 28.2 Å². The maximum atomic E-state index is 13.8. The largest absolute Gasteiger partial charge is 0.524 e. The number of aryl methyl sites for hydroxylation is 1. The summed E-state index contributed by atoms with van der Waals surface area (Å²) in [5.41, 5.74) is 7.80. The highest BCUT2D eigenvalue weighted by atomic mass is 32.2. The van der Waals surface area contributed by atoms with Gasteiger partial charge in [0.05, 0.1) is 0 Å². The molecule has 2 aromatic rings. The SMILES string of the molecule is CSCC[N+](C[C@H](O)COc1ccccc1)(C(=O)COc1ccc2c(c1)CC(N)CCC2)C(=O)OC(C)(C)C. The first-order valence-corrected chi connectivity index (χ1v) is 14.9. The first-order valence-electron chi connectivity index (χ1n) is 13.5. The highest BCUT2D eigenvalue weighted by molar-refractivity contribution is 7.98. The van der Waals surface area contributed by atoms with Crippen LogP contribution < -0.4 is 15.2 Å². The molecule has 0 radical (unpaired) electrons. The summed E-state index contributed by atoms with van der Waals surface area (Å²) in [6.07, 6.45) is 3.85. The number of aliphatic hydroxyl groups excluding tert-OH is 1. The number of imide groups is 1. The summed E-state index contributed by atoms with van der Waals surface area (Å²) in [4.78, 5) is 27.5. The van der Waals surface area contributed by atoms with Crippen molar-refractivity contribution in [2.45, 2.75) is 64.2 Å². The fourth-order valence-electron chi connectivity index (χ4n) is 4.64. The molecule has 0 bridgehead atoms. The fourth-order valence-corrected chi connectivity index (χ4v) is 5.13. The number of hydrogen-bond acceptors (Lipinski definition) is 8. The first-order chi connectivity index (χ1) is 18.5. The number of amides is 2. The molecular formula is C30H43N2O6S+. The van der Waals surface area contributed by atoms with Gasteiger partial charge in [0.25, 0.3) is 0 Å². The zero-order chi connectivity index (χ0) is 28.5. The Morgan fingerprint density at radius 3 is 2.54 bits per heavy atom. The average Bonchev–Trinajstić information content (AvgIpc) is 3.08. The Morgan fingerprint density at radius 2 is 1.85 bits per heavy atom. The van der Waals surface area contributed by atoms with Crippen molar-refractivity contribution in [3.05, 3.63) is 59.7 Å². The van der Waals surface area contributed by atoms with Crippen LogP contribution in [-0.4, -0.2) is 77.6 Å². The number of hydrogen-bond donors (Lipinski definition) is 2. The van der Waals surface area contributed by atoms with Gasteiger partial charge in [-0.2, -0.15) is 21.0 Å². The van der Waals surface area contributed by atoms with E-state index in [1.807, 2.05) is 42.7 Å². The number of carbonyl (C=O) groups is 2. The molecule has 0 heterocycles. The zero-order valence-electron chi connectivity index (χ0n) is 23.6. The topological polar surface area (TPSA) is 108 Å². The summed E-state index contributed by atoms with van der Waals surface area (Å²) < 4.78 is 16.7. The molecule has 3 rings (SSSR count). The minimum atomic E-state index is -1.10. The molecule has 2 amide bonds. The van der Waals surface area contributed by atoms with Crippen LogP contribution in [0.3, 0.4) is 0 Å². The quantitative estimate of drug-likeness (QED) is 0.309. The second kappa shape index (κ2) is 14.2. The lowest BCUT2D eigenvalue weighted by Crippen LogP contribution is -2.64. The van der Waals surface area contributed by atoms with Crippen molar-refractivity contribution in [1.29, 1.82) is 0 Å². The van der Waals surface area contributed by atoms with Gasteiger partial charge in [0.1, 0.15) is 42.9 Å². The maximum Gasteiger partial charge on any atom is 0.524 e. The van der Waals surface area contributed by atoms with E-state index in [0.29, 0.717) is 17.3 Å². The van der Waals surface area contributed by atoms with E-state index in [9.17, 15) is 14.7 Å².